The SMILES string of the molecule is CCC(Sc1cccc(NC(=O)/C(=C\c2c(F)cccc2Cl)NC(=O)c2ccccc2)c1)C(=O)Nc1sc2c(c1C(=O)OC)CCC(C)C2. The molecule has 4 aromatic rings. The summed E-state index contributed by atoms with van der Waals surface area (Å²) in [6, 6.07) is 19.3. The second-order valence-corrected chi connectivity index (χ2v) is 14.3. The highest BCUT2D eigenvalue weighted by molar-refractivity contribution is 8.00. The molecule has 49 heavy (non-hydrogen) atoms. The number of methoxy groups -OCH3 is 1. The summed E-state index contributed by atoms with van der Waals surface area (Å²) in [5.41, 5.74) is 1.81. The number of rotatable bonds is 11. The lowest BCUT2D eigenvalue weighted by atomic mass is 9.88. The first kappa shape index (κ1) is 35.8. The van der Waals surface area contributed by atoms with E-state index >= 15 is 0 Å². The van der Waals surface area contributed by atoms with Crippen molar-refractivity contribution in [2.45, 2.75) is 49.7 Å². The summed E-state index contributed by atoms with van der Waals surface area (Å²) in [6.45, 7) is 4.07. The van der Waals surface area contributed by atoms with E-state index in [1.165, 1.54) is 54.5 Å². The van der Waals surface area contributed by atoms with Crippen molar-refractivity contribution in [3.05, 3.63) is 116 Å². The maximum Gasteiger partial charge on any atom is 0.341 e. The number of thioether (sulfide) groups is 1. The van der Waals surface area contributed by atoms with E-state index < -0.39 is 28.9 Å². The van der Waals surface area contributed by atoms with E-state index in [1.54, 1.807) is 48.5 Å². The molecule has 0 spiro atoms. The van der Waals surface area contributed by atoms with Gasteiger partial charge in [-0.05, 0) is 85.7 Å². The van der Waals surface area contributed by atoms with Crippen LogP contribution in [0.2, 0.25) is 5.02 Å². The third kappa shape index (κ3) is 8.78. The van der Waals surface area contributed by atoms with Gasteiger partial charge in [-0.1, -0.05) is 55.8 Å². The molecule has 0 bridgehead atoms. The van der Waals surface area contributed by atoms with Crippen LogP contribution in [0.25, 0.3) is 6.08 Å². The van der Waals surface area contributed by atoms with Gasteiger partial charge in [0, 0.05) is 26.6 Å². The molecule has 3 N–H and O–H groups in total. The van der Waals surface area contributed by atoms with E-state index in [9.17, 15) is 23.6 Å². The van der Waals surface area contributed by atoms with Gasteiger partial charge in [-0.3, -0.25) is 14.4 Å². The number of thiophene rings is 1. The van der Waals surface area contributed by atoms with Gasteiger partial charge in [0.05, 0.1) is 22.9 Å². The average molecular weight is 720 g/mol. The van der Waals surface area contributed by atoms with Crippen molar-refractivity contribution in [3.63, 3.8) is 0 Å². The molecule has 8 nitrogen and oxygen atoms in total. The van der Waals surface area contributed by atoms with Crippen LogP contribution in [-0.2, 0) is 27.2 Å². The first-order valence-corrected chi connectivity index (χ1v) is 17.8. The monoisotopic (exact) mass is 719 g/mol. The minimum absolute atomic E-state index is 0.0553. The summed E-state index contributed by atoms with van der Waals surface area (Å²) in [5.74, 6) is -2.15. The topological polar surface area (TPSA) is 114 Å². The predicted molar refractivity (Wildman–Crippen MR) is 194 cm³/mol. The zero-order chi connectivity index (χ0) is 35.1. The predicted octanol–water partition coefficient (Wildman–Crippen LogP) is 8.37. The molecule has 1 heterocycles. The Morgan fingerprint density at radius 3 is 2.53 bits per heavy atom. The Morgan fingerprint density at radius 1 is 1.06 bits per heavy atom. The number of amides is 3. The average Bonchev–Trinajstić information content (AvgIpc) is 3.44. The highest BCUT2D eigenvalue weighted by Gasteiger charge is 2.30. The molecule has 5 rings (SSSR count). The van der Waals surface area contributed by atoms with Crippen molar-refractivity contribution in [1.29, 1.82) is 0 Å². The fourth-order valence-electron chi connectivity index (χ4n) is 5.42. The number of anilines is 2. The number of carbonyl (C=O) groups excluding carboxylic acids is 4. The fourth-order valence-corrected chi connectivity index (χ4v) is 8.05. The van der Waals surface area contributed by atoms with E-state index in [-0.39, 0.29) is 22.2 Å². The number of nitrogens with one attached hydrogen (secondary N) is 3. The summed E-state index contributed by atoms with van der Waals surface area (Å²) >= 11 is 8.97. The number of hydrogen-bond acceptors (Lipinski definition) is 7. The summed E-state index contributed by atoms with van der Waals surface area (Å²) in [7, 11) is 1.34. The summed E-state index contributed by atoms with van der Waals surface area (Å²) in [5, 5.41) is 8.40. The molecule has 2 unspecified atom stereocenters. The number of halogens is 2. The van der Waals surface area contributed by atoms with Gasteiger partial charge >= 0.3 is 5.97 Å². The molecule has 1 aliphatic carbocycles. The maximum atomic E-state index is 14.7. The maximum absolute atomic E-state index is 14.7. The number of fused-ring (bicyclic) bond motifs is 1. The van der Waals surface area contributed by atoms with Gasteiger partial charge in [0.2, 0.25) is 5.91 Å². The number of benzene rings is 3. The quantitative estimate of drug-likeness (QED) is 0.0816. The molecule has 3 aromatic carbocycles. The molecule has 0 fully saturated rings. The third-order valence-corrected chi connectivity index (χ3v) is 10.8. The van der Waals surface area contributed by atoms with Crippen molar-refractivity contribution in [2.24, 2.45) is 5.92 Å². The first-order chi connectivity index (χ1) is 23.6. The first-order valence-electron chi connectivity index (χ1n) is 15.7. The Balaban J connectivity index is 1.34. The molecular weight excluding hydrogens is 685 g/mol. The minimum Gasteiger partial charge on any atom is -0.465 e. The highest BCUT2D eigenvalue weighted by Crippen LogP contribution is 2.40. The van der Waals surface area contributed by atoms with Crippen LogP contribution in [0, 0.1) is 11.7 Å². The molecular formula is C37H35ClFN3O5S2. The van der Waals surface area contributed by atoms with Crippen molar-refractivity contribution in [3.8, 4) is 0 Å². The van der Waals surface area contributed by atoms with Crippen molar-refractivity contribution in [1.82, 2.24) is 5.32 Å². The van der Waals surface area contributed by atoms with Gasteiger partial charge < -0.3 is 20.7 Å². The third-order valence-electron chi connectivity index (χ3n) is 7.99. The van der Waals surface area contributed by atoms with Crippen LogP contribution in [-0.4, -0.2) is 36.1 Å². The molecule has 1 aliphatic rings. The Kier molecular flexibility index (Phi) is 11.9. The van der Waals surface area contributed by atoms with Gasteiger partial charge in [0.1, 0.15) is 16.5 Å². The van der Waals surface area contributed by atoms with Crippen LogP contribution in [0.4, 0.5) is 15.1 Å². The zero-order valence-electron chi connectivity index (χ0n) is 27.1. The number of carbonyl (C=O) groups is 4. The summed E-state index contributed by atoms with van der Waals surface area (Å²) < 4.78 is 19.8. The van der Waals surface area contributed by atoms with Crippen molar-refractivity contribution < 1.29 is 28.3 Å². The van der Waals surface area contributed by atoms with E-state index in [0.29, 0.717) is 39.0 Å². The molecule has 254 valence electrons. The number of ether oxygens (including phenoxy) is 1. The standard InChI is InChI=1S/C37H35ClFN3O5S2/c1-4-30(35(45)42-36-32(37(46)47-3)25-17-16-21(2)18-31(25)49-36)48-24-13-8-12-23(19-24)40-34(44)29(20-26-27(38)14-9-15-28(26)39)41-33(43)22-10-6-5-7-11-22/h5-15,19-21,30H,4,16-18H2,1-3H3,(H,40,44)(H,41,43)(H,42,45)/b29-20+. The van der Waals surface area contributed by atoms with Crippen LogP contribution >= 0.6 is 34.7 Å². The molecule has 12 heteroatoms. The van der Waals surface area contributed by atoms with Crippen molar-refractivity contribution >= 4 is 75.2 Å². The van der Waals surface area contributed by atoms with Crippen LogP contribution in [0.5, 0.6) is 0 Å². The largest absolute Gasteiger partial charge is 0.465 e. The second kappa shape index (κ2) is 16.3. The lowest BCUT2D eigenvalue weighted by molar-refractivity contribution is -0.116. The number of hydrogen-bond donors (Lipinski definition) is 3. The van der Waals surface area contributed by atoms with Gasteiger partial charge in [-0.15, -0.1) is 23.1 Å². The highest BCUT2D eigenvalue weighted by atomic mass is 35.5. The normalized spacial score (nSPS) is 14.7. The minimum atomic E-state index is -0.707. The smallest absolute Gasteiger partial charge is 0.341 e. The van der Waals surface area contributed by atoms with E-state index in [2.05, 4.69) is 22.9 Å². The lowest BCUT2D eigenvalue weighted by Gasteiger charge is -2.18. The number of esters is 1. The Labute approximate surface area is 297 Å². The van der Waals surface area contributed by atoms with Gasteiger partial charge in [0.15, 0.2) is 0 Å². The van der Waals surface area contributed by atoms with E-state index in [1.807, 2.05) is 13.0 Å². The molecule has 0 radical (unpaired) electrons. The second-order valence-electron chi connectivity index (χ2n) is 11.5. The fraction of sp³-hybridized carbons (Fsp3) is 0.243. The lowest BCUT2D eigenvalue weighted by Crippen LogP contribution is -2.30. The van der Waals surface area contributed by atoms with E-state index in [4.69, 9.17) is 16.3 Å². The molecule has 0 aliphatic heterocycles. The Hall–Kier alpha value is -4.45. The van der Waals surface area contributed by atoms with Crippen molar-refractivity contribution in [2.75, 3.05) is 17.7 Å². The summed E-state index contributed by atoms with van der Waals surface area (Å²) in [6.07, 6.45) is 4.26. The molecule has 0 saturated heterocycles. The molecule has 3 amide bonds. The van der Waals surface area contributed by atoms with Crippen LogP contribution in [0.15, 0.2) is 83.4 Å². The van der Waals surface area contributed by atoms with Gasteiger partial charge in [-0.2, -0.15) is 0 Å². The molecule has 1 aromatic heterocycles. The van der Waals surface area contributed by atoms with Crippen LogP contribution in [0.3, 0.4) is 0 Å². The van der Waals surface area contributed by atoms with Gasteiger partial charge in [0.25, 0.3) is 11.8 Å². The molecule has 2 atom stereocenters. The Morgan fingerprint density at radius 2 is 1.82 bits per heavy atom. The zero-order valence-corrected chi connectivity index (χ0v) is 29.5. The molecule has 0 saturated carbocycles. The van der Waals surface area contributed by atoms with Crippen LogP contribution in [0.1, 0.15) is 63.4 Å². The Bertz CT molecular complexity index is 1890. The van der Waals surface area contributed by atoms with Gasteiger partial charge in [-0.25, -0.2) is 9.18 Å². The van der Waals surface area contributed by atoms with Crippen LogP contribution < -0.4 is 16.0 Å². The van der Waals surface area contributed by atoms with E-state index in [0.717, 1.165) is 29.7 Å². The summed E-state index contributed by atoms with van der Waals surface area (Å²) in [4.78, 5) is 54.6.